The molecule has 4 rings (SSSR count). The van der Waals surface area contributed by atoms with E-state index < -0.39 is 41.8 Å². The van der Waals surface area contributed by atoms with Crippen molar-refractivity contribution in [2.45, 2.75) is 50.9 Å². The molecule has 2 aliphatic rings. The van der Waals surface area contributed by atoms with Crippen molar-refractivity contribution >= 4 is 47.2 Å². The number of hydrogen-bond acceptors (Lipinski definition) is 5. The van der Waals surface area contributed by atoms with Crippen LogP contribution in [0.1, 0.15) is 48.0 Å². The van der Waals surface area contributed by atoms with Crippen molar-refractivity contribution in [2.24, 2.45) is 5.92 Å². The van der Waals surface area contributed by atoms with Gasteiger partial charge in [0.2, 0.25) is 5.91 Å². The number of nitrogens with one attached hydrogen (secondary N) is 2. The van der Waals surface area contributed by atoms with Crippen LogP contribution in [0.15, 0.2) is 30.3 Å². The fraction of sp³-hybridized carbons (Fsp3) is 0.500. The van der Waals surface area contributed by atoms with Gasteiger partial charge in [-0.1, -0.05) is 17.7 Å². The smallest absolute Gasteiger partial charge is 0.390 e. The Hall–Kier alpha value is -2.67. The van der Waals surface area contributed by atoms with E-state index in [0.717, 1.165) is 6.07 Å². The van der Waals surface area contributed by atoms with E-state index in [9.17, 15) is 36.6 Å². The molecule has 2 aromatic carbocycles. The third-order valence-corrected chi connectivity index (χ3v) is 7.80. The van der Waals surface area contributed by atoms with Crippen LogP contribution in [0.4, 0.5) is 33.3 Å². The van der Waals surface area contributed by atoms with Crippen molar-refractivity contribution in [1.82, 2.24) is 10.2 Å². The average molecular weight is 639 g/mol. The van der Waals surface area contributed by atoms with E-state index in [-0.39, 0.29) is 48.6 Å². The number of carbonyl (C=O) groups is 2. The van der Waals surface area contributed by atoms with E-state index in [1.807, 2.05) is 4.90 Å². The summed E-state index contributed by atoms with van der Waals surface area (Å²) in [6.07, 6.45) is -3.49. The standard InChI is InChI=1S/C28H32ClF5N4O3.ClH/c29-19-4-8-22(23(15-19)38-13-11-37(12-14-38)10-9-28(32,33)34)36-27(41)21-7-3-18(24(30)25(21)31)16-35-26(40)17-1-5-20(39)6-2-17;/h3-4,7-8,15,17,20,39H,1-2,5-6,9-14,16H2,(H,35,40)(H,36,41);1H/t17-,20-;. The highest BCUT2D eigenvalue weighted by Crippen LogP contribution is 2.32. The van der Waals surface area contributed by atoms with Gasteiger partial charge < -0.3 is 20.6 Å². The van der Waals surface area contributed by atoms with Gasteiger partial charge in [-0.25, -0.2) is 8.78 Å². The first-order chi connectivity index (χ1) is 19.4. The number of amides is 2. The molecule has 2 amide bonds. The van der Waals surface area contributed by atoms with Crippen LogP contribution in [0.3, 0.4) is 0 Å². The maximum Gasteiger partial charge on any atom is 0.390 e. The molecule has 0 atom stereocenters. The van der Waals surface area contributed by atoms with Gasteiger partial charge in [-0.05, 0) is 49.9 Å². The first kappa shape index (κ1) is 33.8. The van der Waals surface area contributed by atoms with Gasteiger partial charge in [0.25, 0.3) is 5.91 Å². The minimum atomic E-state index is -4.23. The maximum atomic E-state index is 15.0. The van der Waals surface area contributed by atoms with Crippen LogP contribution in [-0.4, -0.2) is 66.8 Å². The number of carbonyl (C=O) groups excluding carboxylic acids is 2. The minimum absolute atomic E-state index is 0. The Morgan fingerprint density at radius 2 is 1.64 bits per heavy atom. The molecule has 1 aliphatic carbocycles. The molecule has 14 heteroatoms. The quantitative estimate of drug-likeness (QED) is 0.331. The van der Waals surface area contributed by atoms with Crippen LogP contribution < -0.4 is 15.5 Å². The monoisotopic (exact) mass is 638 g/mol. The van der Waals surface area contributed by atoms with E-state index in [4.69, 9.17) is 11.6 Å². The van der Waals surface area contributed by atoms with Gasteiger partial charge in [-0.15, -0.1) is 12.4 Å². The highest BCUT2D eigenvalue weighted by molar-refractivity contribution is 6.31. The highest BCUT2D eigenvalue weighted by atomic mass is 35.5. The number of nitrogens with zero attached hydrogens (tertiary/aromatic N) is 2. The fourth-order valence-electron chi connectivity index (χ4n) is 5.13. The number of anilines is 2. The lowest BCUT2D eigenvalue weighted by Gasteiger charge is -2.37. The van der Waals surface area contributed by atoms with E-state index >= 15 is 0 Å². The largest absolute Gasteiger partial charge is 0.393 e. The maximum absolute atomic E-state index is 15.0. The molecule has 0 radical (unpaired) electrons. The molecule has 2 aromatic rings. The summed E-state index contributed by atoms with van der Waals surface area (Å²) in [4.78, 5) is 28.9. The normalized spacial score (nSPS) is 19.6. The van der Waals surface area contributed by atoms with Gasteiger partial charge in [0.05, 0.1) is 29.5 Å². The van der Waals surface area contributed by atoms with Gasteiger partial charge in [0.1, 0.15) is 0 Å². The molecule has 0 bridgehead atoms. The molecule has 0 aromatic heterocycles. The lowest BCUT2D eigenvalue weighted by molar-refractivity contribution is -0.138. The number of alkyl halides is 3. The Morgan fingerprint density at radius 1 is 0.976 bits per heavy atom. The van der Waals surface area contributed by atoms with Crippen molar-refractivity contribution in [3.63, 3.8) is 0 Å². The fourth-order valence-corrected chi connectivity index (χ4v) is 5.29. The number of aliphatic hydroxyl groups is 1. The topological polar surface area (TPSA) is 84.9 Å². The summed E-state index contributed by atoms with van der Waals surface area (Å²) in [5, 5.41) is 15.2. The molecule has 42 heavy (non-hydrogen) atoms. The summed E-state index contributed by atoms with van der Waals surface area (Å²) in [6.45, 7) is 1.15. The zero-order valence-electron chi connectivity index (χ0n) is 22.7. The second-order valence-electron chi connectivity index (χ2n) is 10.4. The zero-order valence-corrected chi connectivity index (χ0v) is 24.2. The second-order valence-corrected chi connectivity index (χ2v) is 10.9. The third kappa shape index (κ3) is 8.92. The number of benzene rings is 2. The first-order valence-corrected chi connectivity index (χ1v) is 13.9. The van der Waals surface area contributed by atoms with Crippen LogP contribution in [0, 0.1) is 17.6 Å². The summed E-state index contributed by atoms with van der Waals surface area (Å²) in [6, 6.07) is 7.02. The first-order valence-electron chi connectivity index (χ1n) is 13.5. The second kappa shape index (κ2) is 14.7. The Bertz CT molecular complexity index is 1250. The molecule has 1 heterocycles. The minimum Gasteiger partial charge on any atom is -0.393 e. The van der Waals surface area contributed by atoms with Crippen molar-refractivity contribution in [3.8, 4) is 0 Å². The summed E-state index contributed by atoms with van der Waals surface area (Å²) in [5.41, 5.74) is 0.157. The van der Waals surface area contributed by atoms with Gasteiger partial charge in [-0.3, -0.25) is 14.5 Å². The van der Waals surface area contributed by atoms with Crippen molar-refractivity contribution < 1.29 is 36.6 Å². The lowest BCUT2D eigenvalue weighted by atomic mass is 9.87. The molecule has 232 valence electrons. The van der Waals surface area contributed by atoms with Crippen molar-refractivity contribution in [2.75, 3.05) is 42.9 Å². The van der Waals surface area contributed by atoms with Crippen LogP contribution in [0.25, 0.3) is 0 Å². The molecule has 1 saturated heterocycles. The van der Waals surface area contributed by atoms with Crippen molar-refractivity contribution in [1.29, 1.82) is 0 Å². The Morgan fingerprint density at radius 3 is 2.29 bits per heavy atom. The van der Waals surface area contributed by atoms with Crippen molar-refractivity contribution in [3.05, 3.63) is 58.1 Å². The number of piperazine rings is 1. The molecule has 1 saturated carbocycles. The Labute approximate surface area is 251 Å². The Balaban J connectivity index is 0.00000484. The summed E-state index contributed by atoms with van der Waals surface area (Å²) >= 11 is 6.16. The zero-order chi connectivity index (χ0) is 29.7. The molecule has 0 spiro atoms. The molecular formula is C28H33Cl2F5N4O3. The van der Waals surface area contributed by atoms with Gasteiger partial charge in [0, 0.05) is 55.8 Å². The average Bonchev–Trinajstić information content (AvgIpc) is 2.93. The molecular weight excluding hydrogens is 606 g/mol. The Kier molecular flexibility index (Phi) is 11.8. The van der Waals surface area contributed by atoms with E-state index in [0.29, 0.717) is 62.6 Å². The van der Waals surface area contributed by atoms with E-state index in [1.54, 1.807) is 11.0 Å². The molecule has 2 fully saturated rings. The summed E-state index contributed by atoms with van der Waals surface area (Å²) in [5.74, 6) is -4.10. The van der Waals surface area contributed by atoms with Gasteiger partial charge in [-0.2, -0.15) is 13.2 Å². The third-order valence-electron chi connectivity index (χ3n) is 7.56. The van der Waals surface area contributed by atoms with Crippen LogP contribution in [0.5, 0.6) is 0 Å². The molecule has 7 nitrogen and oxygen atoms in total. The summed E-state index contributed by atoms with van der Waals surface area (Å²) < 4.78 is 67.5. The number of halogens is 7. The van der Waals surface area contributed by atoms with E-state index in [2.05, 4.69) is 10.6 Å². The van der Waals surface area contributed by atoms with Crippen LogP contribution >= 0.6 is 24.0 Å². The van der Waals surface area contributed by atoms with Gasteiger partial charge in [0.15, 0.2) is 11.6 Å². The highest BCUT2D eigenvalue weighted by Gasteiger charge is 2.30. The van der Waals surface area contributed by atoms with Crippen LogP contribution in [0.2, 0.25) is 5.02 Å². The van der Waals surface area contributed by atoms with Crippen LogP contribution in [-0.2, 0) is 11.3 Å². The van der Waals surface area contributed by atoms with E-state index in [1.165, 1.54) is 18.2 Å². The predicted octanol–water partition coefficient (Wildman–Crippen LogP) is 5.53. The summed E-state index contributed by atoms with van der Waals surface area (Å²) in [7, 11) is 0. The molecule has 0 unspecified atom stereocenters. The molecule has 1 aliphatic heterocycles. The number of aliphatic hydroxyl groups excluding tert-OH is 1. The number of rotatable bonds is 8. The lowest BCUT2D eigenvalue weighted by Crippen LogP contribution is -2.47. The molecule has 3 N–H and O–H groups in total. The van der Waals surface area contributed by atoms with Gasteiger partial charge >= 0.3 is 6.18 Å². The predicted molar refractivity (Wildman–Crippen MR) is 152 cm³/mol. The SMILES string of the molecule is Cl.O=C(Nc1ccc(Cl)cc1N1CCN(CCC(F)(F)F)CC1)c1ccc(CNC(=O)[C@H]2CC[C@H](O)CC2)c(F)c1F. The number of hydrogen-bond donors (Lipinski definition) is 3.